The van der Waals surface area contributed by atoms with Gasteiger partial charge in [0.25, 0.3) is 5.91 Å². The van der Waals surface area contributed by atoms with E-state index in [0.29, 0.717) is 24.6 Å². The van der Waals surface area contributed by atoms with Crippen molar-refractivity contribution < 1.29 is 9.59 Å². The van der Waals surface area contributed by atoms with E-state index in [1.54, 1.807) is 7.05 Å². The number of H-pyrrole nitrogens is 1. The monoisotopic (exact) mass is 278 g/mol. The highest BCUT2D eigenvalue weighted by atomic mass is 16.2. The van der Waals surface area contributed by atoms with Crippen LogP contribution in [0, 0.1) is 12.8 Å². The van der Waals surface area contributed by atoms with Gasteiger partial charge < -0.3 is 15.2 Å². The molecule has 1 aromatic rings. The van der Waals surface area contributed by atoms with Crippen LogP contribution in [-0.4, -0.2) is 46.8 Å². The first-order valence-electron chi connectivity index (χ1n) is 6.98. The summed E-state index contributed by atoms with van der Waals surface area (Å²) in [6.07, 6.45) is 0.465. The van der Waals surface area contributed by atoms with E-state index >= 15 is 0 Å². The predicted octanol–water partition coefficient (Wildman–Crippen LogP) is 1.05. The molecule has 0 radical (unpaired) electrons. The Morgan fingerprint density at radius 1 is 1.55 bits per heavy atom. The van der Waals surface area contributed by atoms with Crippen LogP contribution in [0.15, 0.2) is 0 Å². The van der Waals surface area contributed by atoms with Crippen molar-refractivity contribution in [3.05, 3.63) is 17.2 Å². The summed E-state index contributed by atoms with van der Waals surface area (Å²) in [6, 6.07) is 0. The molecule has 6 nitrogen and oxygen atoms in total. The van der Waals surface area contributed by atoms with E-state index in [4.69, 9.17) is 0 Å². The van der Waals surface area contributed by atoms with Crippen LogP contribution in [-0.2, 0) is 4.79 Å². The topological polar surface area (TPSA) is 78.1 Å². The number of aryl methyl sites for hydroxylation is 1. The minimum atomic E-state index is -0.201. The van der Waals surface area contributed by atoms with Gasteiger partial charge in [-0.05, 0) is 12.8 Å². The Labute approximate surface area is 119 Å². The Bertz CT molecular complexity index is 521. The molecule has 1 aliphatic rings. The largest absolute Gasteiger partial charge is 0.354 e. The number of carbonyl (C=O) groups is 2. The number of carbonyl (C=O) groups excluding carboxylic acids is 2. The summed E-state index contributed by atoms with van der Waals surface area (Å²) in [7, 11) is 1.58. The van der Waals surface area contributed by atoms with Crippen LogP contribution in [0.25, 0.3) is 0 Å². The summed E-state index contributed by atoms with van der Waals surface area (Å²) in [5.41, 5.74) is 1.16. The number of hydrogen-bond acceptors (Lipinski definition) is 3. The third-order valence-electron chi connectivity index (χ3n) is 3.53. The number of nitrogens with one attached hydrogen (secondary N) is 2. The summed E-state index contributed by atoms with van der Waals surface area (Å²) in [5, 5.41) is 2.57. The van der Waals surface area contributed by atoms with E-state index in [-0.39, 0.29) is 17.7 Å². The summed E-state index contributed by atoms with van der Waals surface area (Å²) in [6.45, 7) is 7.47. The summed E-state index contributed by atoms with van der Waals surface area (Å²) >= 11 is 0. The van der Waals surface area contributed by atoms with Gasteiger partial charge in [-0.2, -0.15) is 0 Å². The van der Waals surface area contributed by atoms with Crippen LogP contribution in [0.1, 0.15) is 48.2 Å². The lowest BCUT2D eigenvalue weighted by Crippen LogP contribution is -2.29. The first-order valence-corrected chi connectivity index (χ1v) is 6.98. The molecule has 0 aliphatic carbocycles. The molecular weight excluding hydrogens is 256 g/mol. The lowest BCUT2D eigenvalue weighted by Gasteiger charge is -2.18. The SMILES string of the molecule is CNC(=O)c1nc(C2CC(=O)N(CC(C)C)C2)[nH]c1C. The second-order valence-electron chi connectivity index (χ2n) is 5.77. The quantitative estimate of drug-likeness (QED) is 0.864. The van der Waals surface area contributed by atoms with Crippen molar-refractivity contribution in [2.45, 2.75) is 33.1 Å². The minimum absolute atomic E-state index is 0.0540. The van der Waals surface area contributed by atoms with Gasteiger partial charge in [-0.25, -0.2) is 4.98 Å². The number of amides is 2. The molecule has 1 fully saturated rings. The third kappa shape index (κ3) is 2.84. The number of hydrogen-bond donors (Lipinski definition) is 2. The van der Waals surface area contributed by atoms with Crippen LogP contribution in [0.3, 0.4) is 0 Å². The van der Waals surface area contributed by atoms with Crippen molar-refractivity contribution in [1.29, 1.82) is 0 Å². The Hall–Kier alpha value is -1.85. The highest BCUT2D eigenvalue weighted by Crippen LogP contribution is 2.27. The van der Waals surface area contributed by atoms with Gasteiger partial charge in [-0.15, -0.1) is 0 Å². The Morgan fingerprint density at radius 2 is 2.25 bits per heavy atom. The van der Waals surface area contributed by atoms with Crippen LogP contribution < -0.4 is 5.32 Å². The van der Waals surface area contributed by atoms with Gasteiger partial charge in [0.15, 0.2) is 0 Å². The van der Waals surface area contributed by atoms with Gasteiger partial charge in [0, 0.05) is 38.2 Å². The molecule has 1 atom stereocenters. The maximum Gasteiger partial charge on any atom is 0.271 e. The van der Waals surface area contributed by atoms with E-state index in [2.05, 4.69) is 29.1 Å². The third-order valence-corrected chi connectivity index (χ3v) is 3.53. The molecule has 2 rings (SSSR count). The Morgan fingerprint density at radius 3 is 2.85 bits per heavy atom. The summed E-state index contributed by atoms with van der Waals surface area (Å²) in [5.74, 6) is 1.21. The average Bonchev–Trinajstić information content (AvgIpc) is 2.92. The Kier molecular flexibility index (Phi) is 4.11. The van der Waals surface area contributed by atoms with Crippen molar-refractivity contribution >= 4 is 11.8 Å². The molecule has 1 aromatic heterocycles. The summed E-state index contributed by atoms with van der Waals surface area (Å²) in [4.78, 5) is 33.0. The lowest BCUT2D eigenvalue weighted by molar-refractivity contribution is -0.128. The fourth-order valence-electron chi connectivity index (χ4n) is 2.59. The molecule has 2 N–H and O–H groups in total. The first kappa shape index (κ1) is 14.6. The van der Waals surface area contributed by atoms with E-state index in [9.17, 15) is 9.59 Å². The standard InChI is InChI=1S/C14H22N4O2/c1-8(2)6-18-7-10(5-11(18)19)13-16-9(3)12(17-13)14(20)15-4/h8,10H,5-7H2,1-4H3,(H,15,20)(H,16,17). The van der Waals surface area contributed by atoms with E-state index in [0.717, 1.165) is 18.1 Å². The highest BCUT2D eigenvalue weighted by Gasteiger charge is 2.33. The molecule has 0 spiro atoms. The molecule has 1 saturated heterocycles. The van der Waals surface area contributed by atoms with Crippen molar-refractivity contribution in [2.24, 2.45) is 5.92 Å². The highest BCUT2D eigenvalue weighted by molar-refractivity contribution is 5.93. The molecule has 0 saturated carbocycles. The molecule has 2 heterocycles. The smallest absolute Gasteiger partial charge is 0.271 e. The van der Waals surface area contributed by atoms with Crippen molar-refractivity contribution in [3.63, 3.8) is 0 Å². The van der Waals surface area contributed by atoms with Crippen LogP contribution in [0.5, 0.6) is 0 Å². The normalized spacial score (nSPS) is 18.9. The number of aromatic amines is 1. The summed E-state index contributed by atoms with van der Waals surface area (Å²) < 4.78 is 0. The van der Waals surface area contributed by atoms with Gasteiger partial charge in [-0.3, -0.25) is 9.59 Å². The molecule has 0 aromatic carbocycles. The predicted molar refractivity (Wildman–Crippen MR) is 75.5 cm³/mol. The van der Waals surface area contributed by atoms with Crippen molar-refractivity contribution in [3.8, 4) is 0 Å². The molecule has 0 bridgehead atoms. The molecule has 6 heteroatoms. The maximum absolute atomic E-state index is 12.0. The first-order chi connectivity index (χ1) is 9.42. The second kappa shape index (κ2) is 5.64. The zero-order valence-corrected chi connectivity index (χ0v) is 12.5. The fourth-order valence-corrected chi connectivity index (χ4v) is 2.59. The lowest BCUT2D eigenvalue weighted by atomic mass is 10.1. The zero-order valence-electron chi connectivity index (χ0n) is 12.5. The van der Waals surface area contributed by atoms with E-state index in [1.807, 2.05) is 11.8 Å². The van der Waals surface area contributed by atoms with Crippen LogP contribution >= 0.6 is 0 Å². The molecular formula is C14H22N4O2. The minimum Gasteiger partial charge on any atom is -0.354 e. The number of rotatable bonds is 4. The molecule has 1 unspecified atom stereocenters. The van der Waals surface area contributed by atoms with Crippen molar-refractivity contribution in [2.75, 3.05) is 20.1 Å². The maximum atomic E-state index is 12.0. The molecule has 2 amide bonds. The van der Waals surface area contributed by atoms with Gasteiger partial charge >= 0.3 is 0 Å². The molecule has 1 aliphatic heterocycles. The van der Waals surface area contributed by atoms with Crippen LogP contribution in [0.4, 0.5) is 0 Å². The molecule has 20 heavy (non-hydrogen) atoms. The van der Waals surface area contributed by atoms with Gasteiger partial charge in [0.1, 0.15) is 11.5 Å². The fraction of sp³-hybridized carbons (Fsp3) is 0.643. The second-order valence-corrected chi connectivity index (χ2v) is 5.77. The number of likely N-dealkylation sites (tertiary alicyclic amines) is 1. The van der Waals surface area contributed by atoms with Gasteiger partial charge in [0.05, 0.1) is 0 Å². The molecule has 110 valence electrons. The number of nitrogens with zero attached hydrogens (tertiary/aromatic N) is 2. The van der Waals surface area contributed by atoms with Crippen LogP contribution in [0.2, 0.25) is 0 Å². The van der Waals surface area contributed by atoms with Gasteiger partial charge in [-0.1, -0.05) is 13.8 Å². The number of imidazole rings is 1. The van der Waals surface area contributed by atoms with E-state index in [1.165, 1.54) is 0 Å². The van der Waals surface area contributed by atoms with Crippen molar-refractivity contribution in [1.82, 2.24) is 20.2 Å². The number of aromatic nitrogens is 2. The Balaban J connectivity index is 2.14. The van der Waals surface area contributed by atoms with E-state index < -0.39 is 0 Å². The average molecular weight is 278 g/mol. The zero-order chi connectivity index (χ0) is 14.9. The van der Waals surface area contributed by atoms with Gasteiger partial charge in [0.2, 0.25) is 5.91 Å².